The Balaban J connectivity index is 1.37. The van der Waals surface area contributed by atoms with Crippen molar-refractivity contribution >= 4 is 77.0 Å². The normalized spacial score (nSPS) is 12.6. The molecule has 4 nitrogen and oxygen atoms in total. The minimum absolute atomic E-state index is 0.685. The molecule has 0 fully saturated rings. The molecule has 0 saturated carbocycles. The van der Waals surface area contributed by atoms with Gasteiger partial charge in [-0.05, 0) is 47.9 Å². The highest BCUT2D eigenvalue weighted by Gasteiger charge is 2.26. The molecule has 0 saturated heterocycles. The summed E-state index contributed by atoms with van der Waals surface area (Å²) in [5.41, 5.74) is 8.84. The Kier molecular flexibility index (Phi) is 5.02. The van der Waals surface area contributed by atoms with Gasteiger partial charge in [0, 0.05) is 53.4 Å². The lowest BCUT2D eigenvalue weighted by Crippen LogP contribution is -2.06. The minimum atomic E-state index is 0.685. The largest absolute Gasteiger partial charge is 0.309 e. The van der Waals surface area contributed by atoms with E-state index in [4.69, 9.17) is 9.97 Å². The van der Waals surface area contributed by atoms with Crippen LogP contribution in [0.4, 0.5) is 0 Å². The Morgan fingerprint density at radius 3 is 2.15 bits per heavy atom. The molecule has 5 heteroatoms. The van der Waals surface area contributed by atoms with Crippen LogP contribution >= 0.6 is 11.8 Å². The molecule has 0 aliphatic carbocycles. The zero-order valence-electron chi connectivity index (χ0n) is 25.1. The second kappa shape index (κ2) is 9.32. The van der Waals surface area contributed by atoms with E-state index in [9.17, 15) is 0 Å². The highest BCUT2D eigenvalue weighted by molar-refractivity contribution is 7.99. The van der Waals surface area contributed by atoms with Gasteiger partial charge >= 0.3 is 0 Å². The number of benzene rings is 7. The fraction of sp³-hybridized carbons (Fsp3) is 0. The van der Waals surface area contributed by atoms with E-state index in [0.29, 0.717) is 5.95 Å². The summed E-state index contributed by atoms with van der Waals surface area (Å²) in [5, 5.41) is 8.35. The van der Waals surface area contributed by atoms with E-state index >= 15 is 0 Å². The summed E-state index contributed by atoms with van der Waals surface area (Å²) < 4.78 is 4.74. The topological polar surface area (TPSA) is 35.6 Å². The SMILES string of the molecule is c1ccc(-n2c3ccccc3c3ccc4c(c5ccc6ccccc6c5n4-c4nc5c6c(cccc6n4)Sc4ccccc4-5)c32)cc1. The maximum absolute atomic E-state index is 5.46. The lowest BCUT2D eigenvalue weighted by molar-refractivity contribution is 1.01. The molecule has 0 spiro atoms. The number of aromatic nitrogens is 4. The smallest absolute Gasteiger partial charge is 0.235 e. The third-order valence-electron chi connectivity index (χ3n) is 9.70. The van der Waals surface area contributed by atoms with Crippen LogP contribution in [0, 0.1) is 0 Å². The zero-order valence-corrected chi connectivity index (χ0v) is 25.9. The molecular weight excluding hydrogens is 593 g/mol. The van der Waals surface area contributed by atoms with Crippen molar-refractivity contribution < 1.29 is 0 Å². The van der Waals surface area contributed by atoms with Crippen LogP contribution in [0.15, 0.2) is 155 Å². The van der Waals surface area contributed by atoms with Gasteiger partial charge in [-0.15, -0.1) is 0 Å². The molecule has 0 radical (unpaired) electrons. The van der Waals surface area contributed by atoms with E-state index in [0.717, 1.165) is 38.9 Å². The quantitative estimate of drug-likeness (QED) is 0.194. The Labute approximate surface area is 273 Å². The first-order chi connectivity index (χ1) is 23.3. The fourth-order valence-electron chi connectivity index (χ4n) is 7.76. The molecular formula is C42H24N4S. The predicted octanol–water partition coefficient (Wildman–Crippen LogP) is 11.1. The van der Waals surface area contributed by atoms with E-state index in [1.807, 2.05) is 0 Å². The van der Waals surface area contributed by atoms with Gasteiger partial charge < -0.3 is 4.57 Å². The molecule has 1 aliphatic heterocycles. The van der Waals surface area contributed by atoms with Crippen LogP contribution < -0.4 is 0 Å². The first kappa shape index (κ1) is 25.3. The molecule has 0 N–H and O–H groups in total. The van der Waals surface area contributed by atoms with Crippen LogP contribution in [0.3, 0.4) is 0 Å². The van der Waals surface area contributed by atoms with Gasteiger partial charge in [0.25, 0.3) is 0 Å². The Bertz CT molecular complexity index is 2940. The van der Waals surface area contributed by atoms with Gasteiger partial charge in [0.1, 0.15) is 0 Å². The number of hydrogen-bond acceptors (Lipinski definition) is 3. The highest BCUT2D eigenvalue weighted by Crippen LogP contribution is 2.48. The maximum atomic E-state index is 5.46. The first-order valence-corrected chi connectivity index (χ1v) is 16.7. The number of fused-ring (bicyclic) bond motifs is 11. The van der Waals surface area contributed by atoms with E-state index in [-0.39, 0.29) is 0 Å². The Hall–Kier alpha value is -5.91. The number of hydrogen-bond donors (Lipinski definition) is 0. The van der Waals surface area contributed by atoms with E-state index in [2.05, 4.69) is 155 Å². The lowest BCUT2D eigenvalue weighted by atomic mass is 10.0. The third-order valence-corrected chi connectivity index (χ3v) is 10.8. The van der Waals surface area contributed by atoms with Gasteiger partial charge in [0.15, 0.2) is 0 Å². The Morgan fingerprint density at radius 2 is 1.21 bits per heavy atom. The third kappa shape index (κ3) is 3.38. The van der Waals surface area contributed by atoms with Crippen molar-refractivity contribution in [3.05, 3.63) is 146 Å². The summed E-state index contributed by atoms with van der Waals surface area (Å²) in [6.07, 6.45) is 0. The molecule has 0 bridgehead atoms. The minimum Gasteiger partial charge on any atom is -0.309 e. The first-order valence-electron chi connectivity index (χ1n) is 15.9. The molecule has 11 rings (SSSR count). The molecule has 10 aromatic rings. The lowest BCUT2D eigenvalue weighted by Gasteiger charge is -2.20. The average molecular weight is 617 g/mol. The summed E-state index contributed by atoms with van der Waals surface area (Å²) >= 11 is 1.80. The standard InChI is InChI=1S/C42H24N4S/c1-2-12-26(13-3-1)45-33-18-8-6-15-28(33)29-23-24-34-37(41(29)45)31-22-21-25-11-4-5-14-27(25)40(31)46(34)42-43-32-17-10-20-36-38(32)39(44-42)30-16-7-9-19-35(30)47-36/h1-24H. The molecule has 0 unspecified atom stereocenters. The van der Waals surface area contributed by atoms with Crippen LogP contribution in [0.1, 0.15) is 0 Å². The van der Waals surface area contributed by atoms with Crippen LogP contribution in [0.5, 0.6) is 0 Å². The van der Waals surface area contributed by atoms with Gasteiger partial charge in [-0.25, -0.2) is 9.97 Å². The van der Waals surface area contributed by atoms with Gasteiger partial charge in [0.2, 0.25) is 5.95 Å². The van der Waals surface area contributed by atoms with E-state index in [1.54, 1.807) is 11.8 Å². The van der Waals surface area contributed by atoms with Gasteiger partial charge in [-0.3, -0.25) is 4.57 Å². The summed E-state index contributed by atoms with van der Waals surface area (Å²) in [5.74, 6) is 0.685. The van der Waals surface area contributed by atoms with Crippen molar-refractivity contribution in [1.29, 1.82) is 0 Å². The summed E-state index contributed by atoms with van der Waals surface area (Å²) in [7, 11) is 0. The monoisotopic (exact) mass is 616 g/mol. The second-order valence-corrected chi connectivity index (χ2v) is 13.3. The van der Waals surface area contributed by atoms with E-state index in [1.165, 1.54) is 53.1 Å². The second-order valence-electron chi connectivity index (χ2n) is 12.2. The van der Waals surface area contributed by atoms with Crippen molar-refractivity contribution in [2.24, 2.45) is 0 Å². The Morgan fingerprint density at radius 1 is 0.447 bits per heavy atom. The number of nitrogens with zero attached hydrogens (tertiary/aromatic N) is 4. The average Bonchev–Trinajstić information content (AvgIpc) is 3.65. The van der Waals surface area contributed by atoms with Crippen LogP contribution in [-0.2, 0) is 0 Å². The maximum Gasteiger partial charge on any atom is 0.235 e. The molecule has 218 valence electrons. The molecule has 7 aromatic carbocycles. The molecule has 47 heavy (non-hydrogen) atoms. The van der Waals surface area contributed by atoms with E-state index < -0.39 is 0 Å². The van der Waals surface area contributed by atoms with Gasteiger partial charge in [-0.1, -0.05) is 115 Å². The number of rotatable bonds is 2. The predicted molar refractivity (Wildman–Crippen MR) is 195 cm³/mol. The molecule has 0 atom stereocenters. The zero-order chi connectivity index (χ0) is 30.6. The highest BCUT2D eigenvalue weighted by atomic mass is 32.2. The molecule has 4 heterocycles. The van der Waals surface area contributed by atoms with Crippen molar-refractivity contribution in [3.63, 3.8) is 0 Å². The summed E-state index contributed by atoms with van der Waals surface area (Å²) in [6.45, 7) is 0. The fourth-order valence-corrected chi connectivity index (χ4v) is 8.87. The molecule has 3 aromatic heterocycles. The summed E-state index contributed by atoms with van der Waals surface area (Å²) in [6, 6.07) is 52.2. The van der Waals surface area contributed by atoms with Crippen LogP contribution in [-0.4, -0.2) is 19.1 Å². The molecule has 0 amide bonds. The summed E-state index contributed by atoms with van der Waals surface area (Å²) in [4.78, 5) is 13.2. The van der Waals surface area contributed by atoms with Crippen molar-refractivity contribution in [3.8, 4) is 22.9 Å². The van der Waals surface area contributed by atoms with Gasteiger partial charge in [0.05, 0.1) is 33.3 Å². The number of para-hydroxylation sites is 2. The molecule has 1 aliphatic rings. The van der Waals surface area contributed by atoms with Crippen LogP contribution in [0.25, 0.3) is 88.2 Å². The van der Waals surface area contributed by atoms with Crippen molar-refractivity contribution in [2.45, 2.75) is 9.79 Å². The van der Waals surface area contributed by atoms with Gasteiger partial charge in [-0.2, -0.15) is 0 Å². The van der Waals surface area contributed by atoms with Crippen LogP contribution in [0.2, 0.25) is 0 Å². The van der Waals surface area contributed by atoms with Crippen molar-refractivity contribution in [2.75, 3.05) is 0 Å². The van der Waals surface area contributed by atoms with Crippen molar-refractivity contribution in [1.82, 2.24) is 19.1 Å².